The van der Waals surface area contributed by atoms with Crippen LogP contribution in [0.4, 0.5) is 10.7 Å². The molecular formula is C27H30N2O4S. The van der Waals surface area contributed by atoms with Crippen LogP contribution in [-0.4, -0.2) is 36.9 Å². The molecule has 0 bridgehead atoms. The van der Waals surface area contributed by atoms with Crippen LogP contribution in [0.3, 0.4) is 0 Å². The van der Waals surface area contributed by atoms with E-state index in [0.717, 1.165) is 41.8 Å². The van der Waals surface area contributed by atoms with E-state index in [0.29, 0.717) is 23.6 Å². The SMILES string of the molecule is CCN(C(C)=O)c1ccc(C=O)cc1.CNc1scc(C2CCc3ccccc3C2)c1C(=O)O. The van der Waals surface area contributed by atoms with Gasteiger partial charge in [0.2, 0.25) is 5.91 Å². The van der Waals surface area contributed by atoms with Crippen molar-refractivity contribution in [3.8, 4) is 0 Å². The van der Waals surface area contributed by atoms with Crippen molar-refractivity contribution in [2.45, 2.75) is 39.0 Å². The number of carbonyl (C=O) groups excluding carboxylic acids is 2. The molecule has 178 valence electrons. The molecule has 0 fully saturated rings. The summed E-state index contributed by atoms with van der Waals surface area (Å²) in [5, 5.41) is 15.2. The second kappa shape index (κ2) is 11.6. The number of aldehydes is 1. The third-order valence-electron chi connectivity index (χ3n) is 6.08. The number of anilines is 2. The number of amides is 1. The van der Waals surface area contributed by atoms with Crippen LogP contribution in [0.15, 0.2) is 53.9 Å². The molecule has 0 saturated heterocycles. The van der Waals surface area contributed by atoms with Crippen molar-refractivity contribution in [2.24, 2.45) is 0 Å². The Hall–Kier alpha value is -3.45. The highest BCUT2D eigenvalue weighted by atomic mass is 32.1. The fourth-order valence-electron chi connectivity index (χ4n) is 4.36. The first-order valence-corrected chi connectivity index (χ1v) is 12.2. The zero-order valence-electron chi connectivity index (χ0n) is 19.7. The molecule has 0 saturated carbocycles. The molecule has 1 aliphatic carbocycles. The zero-order chi connectivity index (χ0) is 24.7. The van der Waals surface area contributed by atoms with Crippen LogP contribution in [0, 0.1) is 0 Å². The predicted octanol–water partition coefficient (Wildman–Crippen LogP) is 5.63. The molecule has 1 atom stereocenters. The van der Waals surface area contributed by atoms with Crippen molar-refractivity contribution in [2.75, 3.05) is 23.8 Å². The number of nitrogens with zero attached hydrogens (tertiary/aromatic N) is 1. The molecule has 1 unspecified atom stereocenters. The van der Waals surface area contributed by atoms with E-state index >= 15 is 0 Å². The molecule has 4 rings (SSSR count). The van der Waals surface area contributed by atoms with E-state index in [1.165, 1.54) is 29.4 Å². The van der Waals surface area contributed by atoms with Gasteiger partial charge in [-0.25, -0.2) is 4.79 Å². The topological polar surface area (TPSA) is 86.7 Å². The van der Waals surface area contributed by atoms with E-state index < -0.39 is 5.97 Å². The fourth-order valence-corrected chi connectivity index (χ4v) is 5.36. The van der Waals surface area contributed by atoms with Gasteiger partial charge >= 0.3 is 5.97 Å². The Morgan fingerprint density at radius 3 is 2.38 bits per heavy atom. The van der Waals surface area contributed by atoms with Crippen molar-refractivity contribution in [3.63, 3.8) is 0 Å². The zero-order valence-corrected chi connectivity index (χ0v) is 20.5. The number of carbonyl (C=O) groups is 3. The summed E-state index contributed by atoms with van der Waals surface area (Å²) < 4.78 is 0. The van der Waals surface area contributed by atoms with E-state index in [2.05, 4.69) is 29.6 Å². The summed E-state index contributed by atoms with van der Waals surface area (Å²) in [4.78, 5) is 34.8. The molecular weight excluding hydrogens is 448 g/mol. The minimum atomic E-state index is -0.829. The van der Waals surface area contributed by atoms with E-state index in [1.807, 2.05) is 12.3 Å². The number of hydrogen-bond acceptors (Lipinski definition) is 5. The van der Waals surface area contributed by atoms with Gasteiger partial charge in [-0.15, -0.1) is 11.3 Å². The van der Waals surface area contributed by atoms with Gasteiger partial charge in [-0.3, -0.25) is 9.59 Å². The molecule has 1 aromatic heterocycles. The van der Waals surface area contributed by atoms with Crippen LogP contribution in [0.25, 0.3) is 0 Å². The summed E-state index contributed by atoms with van der Waals surface area (Å²) in [5.74, 6) is -0.509. The number of thiophene rings is 1. The van der Waals surface area contributed by atoms with Crippen molar-refractivity contribution in [1.29, 1.82) is 0 Å². The molecule has 1 aliphatic rings. The summed E-state index contributed by atoms with van der Waals surface area (Å²) in [5.41, 5.74) is 5.66. The van der Waals surface area contributed by atoms with Gasteiger partial charge in [-0.2, -0.15) is 0 Å². The minimum Gasteiger partial charge on any atom is -0.478 e. The third kappa shape index (κ3) is 5.72. The first-order valence-electron chi connectivity index (χ1n) is 11.3. The van der Waals surface area contributed by atoms with Crippen LogP contribution in [0.5, 0.6) is 0 Å². The Morgan fingerprint density at radius 1 is 1.15 bits per heavy atom. The maximum atomic E-state index is 11.5. The highest BCUT2D eigenvalue weighted by molar-refractivity contribution is 7.14. The summed E-state index contributed by atoms with van der Waals surface area (Å²) in [7, 11) is 1.78. The Bertz CT molecular complexity index is 1150. The molecule has 6 nitrogen and oxygen atoms in total. The Kier molecular flexibility index (Phi) is 8.60. The van der Waals surface area contributed by atoms with Crippen LogP contribution in [0.2, 0.25) is 0 Å². The molecule has 34 heavy (non-hydrogen) atoms. The molecule has 1 amide bonds. The number of fused-ring (bicyclic) bond motifs is 1. The normalized spacial score (nSPS) is 14.3. The number of aryl methyl sites for hydroxylation is 1. The van der Waals surface area contributed by atoms with Gasteiger partial charge in [-0.05, 0) is 78.4 Å². The Morgan fingerprint density at radius 2 is 1.82 bits per heavy atom. The van der Waals surface area contributed by atoms with Gasteiger partial charge in [0.15, 0.2) is 0 Å². The lowest BCUT2D eigenvalue weighted by atomic mass is 9.80. The highest BCUT2D eigenvalue weighted by Gasteiger charge is 2.27. The molecule has 0 spiro atoms. The second-order valence-electron chi connectivity index (χ2n) is 8.13. The van der Waals surface area contributed by atoms with Crippen molar-refractivity contribution < 1.29 is 19.5 Å². The minimum absolute atomic E-state index is 0.00588. The molecule has 1 heterocycles. The number of hydrogen-bond donors (Lipinski definition) is 2. The van der Waals surface area contributed by atoms with Crippen molar-refractivity contribution in [1.82, 2.24) is 0 Å². The van der Waals surface area contributed by atoms with Gasteiger partial charge in [0.1, 0.15) is 11.3 Å². The largest absolute Gasteiger partial charge is 0.478 e. The van der Waals surface area contributed by atoms with Crippen LogP contribution in [0.1, 0.15) is 63.6 Å². The summed E-state index contributed by atoms with van der Waals surface area (Å²) in [6, 6.07) is 15.4. The predicted molar refractivity (Wildman–Crippen MR) is 138 cm³/mol. The van der Waals surface area contributed by atoms with E-state index in [1.54, 1.807) is 36.2 Å². The number of rotatable bonds is 6. The summed E-state index contributed by atoms with van der Waals surface area (Å²) in [6.07, 6.45) is 3.78. The molecule has 7 heteroatoms. The van der Waals surface area contributed by atoms with Crippen molar-refractivity contribution >= 4 is 40.2 Å². The molecule has 3 aromatic rings. The molecule has 0 aliphatic heterocycles. The highest BCUT2D eigenvalue weighted by Crippen LogP contribution is 2.39. The third-order valence-corrected chi connectivity index (χ3v) is 7.10. The van der Waals surface area contributed by atoms with Crippen LogP contribution >= 0.6 is 11.3 Å². The van der Waals surface area contributed by atoms with Crippen LogP contribution < -0.4 is 10.2 Å². The van der Waals surface area contributed by atoms with Gasteiger partial charge in [0.05, 0.1) is 5.56 Å². The standard InChI is InChI=1S/C16H17NO2S.C11H13NO2/c1-17-15-14(16(18)19)13(9-20-15)12-7-6-10-4-2-3-5-11(10)8-12;1-3-12(9(2)14)11-6-4-10(8-13)5-7-11/h2-5,9,12,17H,6-8H2,1H3,(H,18,19);4-8H,3H2,1-2H3. The van der Waals surface area contributed by atoms with E-state index in [-0.39, 0.29) is 5.91 Å². The molecule has 0 radical (unpaired) electrons. The van der Waals surface area contributed by atoms with Gasteiger partial charge in [-0.1, -0.05) is 24.3 Å². The van der Waals surface area contributed by atoms with Gasteiger partial charge < -0.3 is 15.3 Å². The average molecular weight is 479 g/mol. The number of nitrogens with one attached hydrogen (secondary N) is 1. The Labute approximate surface area is 204 Å². The first kappa shape index (κ1) is 25.2. The number of aromatic carboxylic acids is 1. The van der Waals surface area contributed by atoms with Gasteiger partial charge in [0, 0.05) is 31.8 Å². The fraction of sp³-hybridized carbons (Fsp3) is 0.296. The monoisotopic (exact) mass is 478 g/mol. The lowest BCUT2D eigenvalue weighted by Crippen LogP contribution is -2.27. The summed E-state index contributed by atoms with van der Waals surface area (Å²) in [6.45, 7) is 4.07. The smallest absolute Gasteiger partial charge is 0.338 e. The second-order valence-corrected chi connectivity index (χ2v) is 9.01. The lowest BCUT2D eigenvalue weighted by molar-refractivity contribution is -0.116. The maximum absolute atomic E-state index is 11.5. The first-order chi connectivity index (χ1) is 16.4. The average Bonchev–Trinajstić information content (AvgIpc) is 3.29. The Balaban J connectivity index is 0.000000204. The van der Waals surface area contributed by atoms with Gasteiger partial charge in [0.25, 0.3) is 0 Å². The number of carboxylic acid groups (broad SMARTS) is 1. The lowest BCUT2D eigenvalue weighted by Gasteiger charge is -2.24. The maximum Gasteiger partial charge on any atom is 0.338 e. The van der Waals surface area contributed by atoms with E-state index in [4.69, 9.17) is 0 Å². The molecule has 2 N–H and O–H groups in total. The van der Waals surface area contributed by atoms with Crippen LogP contribution in [-0.2, 0) is 17.6 Å². The molecule has 2 aromatic carbocycles. The summed E-state index contributed by atoms with van der Waals surface area (Å²) >= 11 is 1.49. The van der Waals surface area contributed by atoms with E-state index in [9.17, 15) is 19.5 Å². The number of benzene rings is 2. The van der Waals surface area contributed by atoms with Crippen molar-refractivity contribution in [3.05, 3.63) is 81.7 Å². The number of carboxylic acids is 1. The quantitative estimate of drug-likeness (QED) is 0.448.